The summed E-state index contributed by atoms with van der Waals surface area (Å²) < 4.78 is 9.77. The summed E-state index contributed by atoms with van der Waals surface area (Å²) in [5, 5.41) is 2.57. The van der Waals surface area contributed by atoms with Crippen molar-refractivity contribution in [1.29, 1.82) is 0 Å². The Morgan fingerprint density at radius 2 is 2.42 bits per heavy atom. The molecule has 1 heterocycles. The van der Waals surface area contributed by atoms with Crippen LogP contribution in [0.3, 0.4) is 0 Å². The summed E-state index contributed by atoms with van der Waals surface area (Å²) in [4.78, 5) is 10.2. The fourth-order valence-electron chi connectivity index (χ4n) is 0.646. The van der Waals surface area contributed by atoms with Crippen LogP contribution in [0.2, 0.25) is 0 Å². The number of carbonyl (C=O) groups excluding carboxylic acids is 1. The highest BCUT2D eigenvalue weighted by molar-refractivity contribution is 7.81. The molecule has 1 aliphatic rings. The third-order valence-corrected chi connectivity index (χ3v) is 1.31. The van der Waals surface area contributed by atoms with E-state index in [2.05, 4.69) is 17.9 Å². The summed E-state index contributed by atoms with van der Waals surface area (Å²) in [5.41, 5.74) is 0. The van der Waals surface area contributed by atoms with E-state index in [0.717, 1.165) is 6.61 Å². The van der Waals surface area contributed by atoms with Gasteiger partial charge in [0.15, 0.2) is 4.93 Å². The van der Waals surface area contributed by atoms with Crippen molar-refractivity contribution in [2.24, 2.45) is 0 Å². The third-order valence-electron chi connectivity index (χ3n) is 1.22. The van der Waals surface area contributed by atoms with Gasteiger partial charge < -0.3 is 14.8 Å². The molecular formula is C7H13NO3S. The van der Waals surface area contributed by atoms with Gasteiger partial charge in [0.05, 0.1) is 12.7 Å². The van der Waals surface area contributed by atoms with Crippen molar-refractivity contribution < 1.29 is 14.3 Å². The van der Waals surface area contributed by atoms with Gasteiger partial charge in [-0.15, -0.1) is 12.6 Å². The second-order valence-electron chi connectivity index (χ2n) is 3.17. The van der Waals surface area contributed by atoms with Gasteiger partial charge in [-0.05, 0) is 13.8 Å². The lowest BCUT2D eigenvalue weighted by atomic mass is 10.4. The molecule has 12 heavy (non-hydrogen) atoms. The van der Waals surface area contributed by atoms with Gasteiger partial charge in [-0.2, -0.15) is 0 Å². The predicted octanol–water partition coefficient (Wildman–Crippen LogP) is 0.777. The lowest BCUT2D eigenvalue weighted by molar-refractivity contribution is 0.0982. The molecule has 70 valence electrons. The molecule has 1 fully saturated rings. The first-order valence-corrected chi connectivity index (χ1v) is 4.23. The summed E-state index contributed by atoms with van der Waals surface area (Å²) >= 11 is 4.04. The highest BCUT2D eigenvalue weighted by Gasteiger charge is 2.24. The first kappa shape index (κ1) is 9.67. The lowest BCUT2D eigenvalue weighted by Crippen LogP contribution is -2.33. The maximum Gasteiger partial charge on any atom is 0.408 e. The molecule has 5 heteroatoms. The SMILES string of the molecule is CC(C)(S)OC(=O)NCC1CO1. The van der Waals surface area contributed by atoms with E-state index in [9.17, 15) is 4.79 Å². The van der Waals surface area contributed by atoms with Crippen molar-refractivity contribution in [3.05, 3.63) is 0 Å². The monoisotopic (exact) mass is 191 g/mol. The maximum atomic E-state index is 11.0. The Bertz CT molecular complexity index is 174. The number of hydrogen-bond donors (Lipinski definition) is 2. The van der Waals surface area contributed by atoms with E-state index in [0.29, 0.717) is 6.54 Å². The van der Waals surface area contributed by atoms with Crippen molar-refractivity contribution in [3.8, 4) is 0 Å². The van der Waals surface area contributed by atoms with E-state index in [1.54, 1.807) is 13.8 Å². The minimum absolute atomic E-state index is 0.181. The number of thiol groups is 1. The Kier molecular flexibility index (Phi) is 2.85. The van der Waals surface area contributed by atoms with Crippen LogP contribution in [0.1, 0.15) is 13.8 Å². The van der Waals surface area contributed by atoms with Crippen molar-refractivity contribution in [2.45, 2.75) is 24.9 Å². The van der Waals surface area contributed by atoms with Crippen LogP contribution in [0, 0.1) is 0 Å². The van der Waals surface area contributed by atoms with Crippen LogP contribution < -0.4 is 5.32 Å². The van der Waals surface area contributed by atoms with E-state index < -0.39 is 11.0 Å². The number of carbonyl (C=O) groups is 1. The standard InChI is InChI=1S/C7H13NO3S/c1-7(2,12)11-6(9)8-3-5-4-10-5/h5,12H,3-4H2,1-2H3,(H,8,9). The molecule has 0 aromatic heterocycles. The van der Waals surface area contributed by atoms with E-state index in [-0.39, 0.29) is 6.10 Å². The van der Waals surface area contributed by atoms with Crippen LogP contribution in [0.5, 0.6) is 0 Å². The van der Waals surface area contributed by atoms with E-state index in [4.69, 9.17) is 9.47 Å². The number of nitrogens with one attached hydrogen (secondary N) is 1. The predicted molar refractivity (Wildman–Crippen MR) is 47.3 cm³/mol. The maximum absolute atomic E-state index is 11.0. The van der Waals surface area contributed by atoms with Gasteiger partial charge in [0.25, 0.3) is 0 Å². The summed E-state index contributed by atoms with van der Waals surface area (Å²) in [6, 6.07) is 0. The van der Waals surface area contributed by atoms with Gasteiger partial charge in [-0.3, -0.25) is 0 Å². The number of rotatable bonds is 3. The Morgan fingerprint density at radius 3 is 2.83 bits per heavy atom. The van der Waals surface area contributed by atoms with Gasteiger partial charge in [0.2, 0.25) is 0 Å². The highest BCUT2D eigenvalue weighted by Crippen LogP contribution is 2.13. The topological polar surface area (TPSA) is 50.9 Å². The van der Waals surface area contributed by atoms with Gasteiger partial charge in [0, 0.05) is 6.54 Å². The van der Waals surface area contributed by atoms with E-state index in [1.165, 1.54) is 0 Å². The molecule has 4 nitrogen and oxygen atoms in total. The van der Waals surface area contributed by atoms with E-state index in [1.807, 2.05) is 0 Å². The van der Waals surface area contributed by atoms with Crippen LogP contribution in [0.4, 0.5) is 4.79 Å². The van der Waals surface area contributed by atoms with Crippen LogP contribution in [-0.2, 0) is 9.47 Å². The minimum atomic E-state index is -0.728. The lowest BCUT2D eigenvalue weighted by Gasteiger charge is -2.18. The van der Waals surface area contributed by atoms with Crippen LogP contribution in [0.15, 0.2) is 0 Å². The quantitative estimate of drug-likeness (QED) is 0.394. The van der Waals surface area contributed by atoms with Crippen LogP contribution >= 0.6 is 12.6 Å². The average molecular weight is 191 g/mol. The van der Waals surface area contributed by atoms with Crippen molar-refractivity contribution >= 4 is 18.7 Å². The molecule has 1 saturated heterocycles. The molecule has 0 spiro atoms. The second kappa shape index (κ2) is 3.53. The molecule has 1 rings (SSSR count). The summed E-state index contributed by atoms with van der Waals surface area (Å²) in [6.07, 6.45) is -0.272. The molecule has 0 radical (unpaired) electrons. The van der Waals surface area contributed by atoms with Crippen molar-refractivity contribution in [1.82, 2.24) is 5.32 Å². The fraction of sp³-hybridized carbons (Fsp3) is 0.857. The van der Waals surface area contributed by atoms with Gasteiger partial charge in [0.1, 0.15) is 0 Å². The zero-order chi connectivity index (χ0) is 9.19. The molecule has 0 aromatic rings. The molecule has 0 bridgehead atoms. The number of epoxide rings is 1. The zero-order valence-corrected chi connectivity index (χ0v) is 8.06. The Balaban J connectivity index is 2.10. The molecular weight excluding hydrogens is 178 g/mol. The molecule has 1 atom stereocenters. The van der Waals surface area contributed by atoms with Crippen LogP contribution in [0.25, 0.3) is 0 Å². The van der Waals surface area contributed by atoms with Gasteiger partial charge in [-0.25, -0.2) is 4.79 Å². The summed E-state index contributed by atoms with van der Waals surface area (Å²) in [5.74, 6) is 0. The number of alkyl carbamates (subject to hydrolysis) is 1. The molecule has 1 aliphatic heterocycles. The Hall–Kier alpha value is -0.420. The zero-order valence-electron chi connectivity index (χ0n) is 7.16. The van der Waals surface area contributed by atoms with Crippen molar-refractivity contribution in [3.63, 3.8) is 0 Å². The molecule has 0 aromatic carbocycles. The Morgan fingerprint density at radius 1 is 1.83 bits per heavy atom. The number of hydrogen-bond acceptors (Lipinski definition) is 4. The average Bonchev–Trinajstić information content (AvgIpc) is 2.61. The molecule has 0 aliphatic carbocycles. The largest absolute Gasteiger partial charge is 0.433 e. The Labute approximate surface area is 77.0 Å². The van der Waals surface area contributed by atoms with Gasteiger partial charge in [-0.1, -0.05) is 0 Å². The summed E-state index contributed by atoms with van der Waals surface area (Å²) in [7, 11) is 0. The minimum Gasteiger partial charge on any atom is -0.433 e. The molecule has 0 saturated carbocycles. The molecule has 1 amide bonds. The first-order valence-electron chi connectivity index (χ1n) is 3.78. The fourth-order valence-corrected chi connectivity index (χ4v) is 0.729. The molecule has 1 N–H and O–H groups in total. The smallest absolute Gasteiger partial charge is 0.408 e. The van der Waals surface area contributed by atoms with Gasteiger partial charge >= 0.3 is 6.09 Å². The highest BCUT2D eigenvalue weighted by atomic mass is 32.1. The second-order valence-corrected chi connectivity index (χ2v) is 4.25. The number of ether oxygens (including phenoxy) is 2. The normalized spacial score (nSPS) is 21.8. The van der Waals surface area contributed by atoms with Crippen LogP contribution in [-0.4, -0.2) is 30.3 Å². The first-order chi connectivity index (χ1) is 5.47. The summed E-state index contributed by atoms with van der Waals surface area (Å²) in [6.45, 7) is 4.64. The third kappa shape index (κ3) is 4.46. The molecule has 1 unspecified atom stereocenters. The number of amides is 1. The van der Waals surface area contributed by atoms with E-state index >= 15 is 0 Å². The van der Waals surface area contributed by atoms with Crippen molar-refractivity contribution in [2.75, 3.05) is 13.2 Å².